The molecular weight excluding hydrogens is 234 g/mol. The molecule has 5 nitrogen and oxygen atoms in total. The minimum atomic E-state index is -0.829. The van der Waals surface area contributed by atoms with E-state index in [9.17, 15) is 14.9 Å². The molecule has 0 heterocycles. The van der Waals surface area contributed by atoms with Crippen molar-refractivity contribution in [3.8, 4) is 5.75 Å². The van der Waals surface area contributed by atoms with Crippen LogP contribution >= 0.6 is 0 Å². The number of ketones is 1. The van der Waals surface area contributed by atoms with Crippen LogP contribution in [0.2, 0.25) is 0 Å². The second-order valence-corrected chi connectivity index (χ2v) is 4.96. The number of nitrogens with zero attached hydrogens (tertiary/aromatic N) is 1. The molecule has 0 atom stereocenters. The fourth-order valence-corrected chi connectivity index (χ4v) is 2.57. The Morgan fingerprint density at radius 3 is 2.56 bits per heavy atom. The molecule has 0 radical (unpaired) electrons. The van der Waals surface area contributed by atoms with E-state index < -0.39 is 10.3 Å². The Bertz CT molecular complexity index is 534. The van der Waals surface area contributed by atoms with E-state index in [-0.39, 0.29) is 17.2 Å². The highest BCUT2D eigenvalue weighted by Gasteiger charge is 2.42. The van der Waals surface area contributed by atoms with Crippen molar-refractivity contribution in [2.24, 2.45) is 0 Å². The number of Topliss-reactive ketones (excluding diaryl/α,β-unsaturated/α-hetero) is 1. The number of rotatable bonds is 2. The topological polar surface area (TPSA) is 69.4 Å². The Labute approximate surface area is 105 Å². The third kappa shape index (κ3) is 1.66. The van der Waals surface area contributed by atoms with Gasteiger partial charge in [0.2, 0.25) is 0 Å². The third-order valence-corrected chi connectivity index (χ3v) is 3.57. The summed E-state index contributed by atoms with van der Waals surface area (Å²) in [7, 11) is 1.40. The molecule has 0 aliphatic heterocycles. The van der Waals surface area contributed by atoms with Crippen LogP contribution in [0.1, 0.15) is 31.4 Å². The first kappa shape index (κ1) is 12.5. The van der Waals surface area contributed by atoms with Crippen LogP contribution in [0.3, 0.4) is 0 Å². The second kappa shape index (κ2) is 4.08. The van der Waals surface area contributed by atoms with Crippen molar-refractivity contribution in [2.45, 2.75) is 32.1 Å². The molecule has 0 saturated carbocycles. The molecule has 96 valence electrons. The van der Waals surface area contributed by atoms with Gasteiger partial charge in [-0.25, -0.2) is 0 Å². The minimum absolute atomic E-state index is 0.0337. The van der Waals surface area contributed by atoms with Gasteiger partial charge in [0.05, 0.1) is 23.0 Å². The molecule has 1 aromatic rings. The van der Waals surface area contributed by atoms with E-state index >= 15 is 0 Å². The molecule has 0 saturated heterocycles. The lowest BCUT2D eigenvalue weighted by Crippen LogP contribution is -2.35. The Morgan fingerprint density at radius 2 is 2.00 bits per heavy atom. The lowest BCUT2D eigenvalue weighted by Gasteiger charge is -2.30. The molecular formula is C13H15NO4. The van der Waals surface area contributed by atoms with Gasteiger partial charge in [0.1, 0.15) is 5.78 Å². The summed E-state index contributed by atoms with van der Waals surface area (Å²) in [5, 5.41) is 11.3. The van der Waals surface area contributed by atoms with Crippen LogP contribution < -0.4 is 4.74 Å². The molecule has 2 rings (SSSR count). The molecule has 0 aromatic heterocycles. The van der Waals surface area contributed by atoms with E-state index in [0.717, 1.165) is 5.56 Å². The Morgan fingerprint density at radius 1 is 1.33 bits per heavy atom. The molecule has 1 aromatic carbocycles. The highest BCUT2D eigenvalue weighted by atomic mass is 16.6. The molecule has 1 aliphatic carbocycles. The number of carbonyl (C=O) groups is 1. The van der Waals surface area contributed by atoms with Gasteiger partial charge < -0.3 is 4.74 Å². The monoisotopic (exact) mass is 249 g/mol. The average Bonchev–Trinajstić information content (AvgIpc) is 2.32. The zero-order chi connectivity index (χ0) is 13.5. The summed E-state index contributed by atoms with van der Waals surface area (Å²) in [6, 6.07) is 3.41. The minimum Gasteiger partial charge on any atom is -0.490 e. The molecule has 0 amide bonds. The van der Waals surface area contributed by atoms with Crippen molar-refractivity contribution in [1.29, 1.82) is 0 Å². The maximum Gasteiger partial charge on any atom is 0.315 e. The summed E-state index contributed by atoms with van der Waals surface area (Å²) in [5.41, 5.74) is 0.466. The normalized spacial score (nSPS) is 17.2. The largest absolute Gasteiger partial charge is 0.490 e. The first-order valence-corrected chi connectivity index (χ1v) is 5.77. The number of fused-ring (bicyclic) bond motifs is 1. The van der Waals surface area contributed by atoms with E-state index in [2.05, 4.69) is 0 Å². The van der Waals surface area contributed by atoms with Crippen molar-refractivity contribution in [2.75, 3.05) is 7.11 Å². The van der Waals surface area contributed by atoms with Crippen LogP contribution in [0, 0.1) is 10.1 Å². The third-order valence-electron chi connectivity index (χ3n) is 3.57. The highest BCUT2D eigenvalue weighted by molar-refractivity contribution is 5.93. The molecule has 0 unspecified atom stereocenters. The van der Waals surface area contributed by atoms with E-state index in [1.807, 2.05) is 6.07 Å². The number of hydrogen-bond donors (Lipinski definition) is 0. The SMILES string of the molecule is COc1ccc2c(c1[N+](=O)[O-])C(C)(C)C(=O)CC2. The van der Waals surface area contributed by atoms with Gasteiger partial charge in [-0.2, -0.15) is 0 Å². The number of benzene rings is 1. The van der Waals surface area contributed by atoms with Gasteiger partial charge in [0, 0.05) is 6.42 Å². The first-order valence-electron chi connectivity index (χ1n) is 5.77. The Balaban J connectivity index is 2.79. The molecule has 0 fully saturated rings. The number of carbonyl (C=O) groups excluding carboxylic acids is 1. The summed E-state index contributed by atoms with van der Waals surface area (Å²) >= 11 is 0. The van der Waals surface area contributed by atoms with Crippen LogP contribution in [-0.2, 0) is 16.6 Å². The quantitative estimate of drug-likeness (QED) is 0.596. The van der Waals surface area contributed by atoms with Gasteiger partial charge in [-0.3, -0.25) is 14.9 Å². The average molecular weight is 249 g/mol. The summed E-state index contributed by atoms with van der Waals surface area (Å²) in [6.07, 6.45) is 0.992. The number of hydrogen-bond acceptors (Lipinski definition) is 4. The molecule has 1 aliphatic rings. The number of nitro benzene ring substituents is 1. The number of ether oxygens (including phenoxy) is 1. The zero-order valence-electron chi connectivity index (χ0n) is 10.6. The lowest BCUT2D eigenvalue weighted by atomic mass is 9.71. The Kier molecular flexibility index (Phi) is 2.84. The number of nitro groups is 1. The maximum atomic E-state index is 12.0. The van der Waals surface area contributed by atoms with Crippen LogP contribution in [0.15, 0.2) is 12.1 Å². The predicted octanol–water partition coefficient (Wildman–Crippen LogP) is 2.40. The maximum absolute atomic E-state index is 12.0. The first-order chi connectivity index (χ1) is 8.39. The van der Waals surface area contributed by atoms with Crippen molar-refractivity contribution in [3.63, 3.8) is 0 Å². The molecule has 0 spiro atoms. The summed E-state index contributed by atoms with van der Waals surface area (Å²) in [4.78, 5) is 22.8. The standard InChI is InChI=1S/C13H15NO4/c1-13(2)10(15)7-5-8-4-6-9(18-3)12(11(8)13)14(16)17/h4,6H,5,7H2,1-3H3. The van der Waals surface area contributed by atoms with Gasteiger partial charge in [-0.1, -0.05) is 6.07 Å². The summed E-state index contributed by atoms with van der Waals surface area (Å²) in [5.74, 6) is 0.243. The van der Waals surface area contributed by atoms with Crippen molar-refractivity contribution >= 4 is 11.5 Å². The van der Waals surface area contributed by atoms with E-state index in [0.29, 0.717) is 18.4 Å². The van der Waals surface area contributed by atoms with E-state index in [4.69, 9.17) is 4.74 Å². The smallest absolute Gasteiger partial charge is 0.315 e. The van der Waals surface area contributed by atoms with Crippen LogP contribution in [0.5, 0.6) is 5.75 Å². The van der Waals surface area contributed by atoms with Crippen molar-refractivity contribution in [3.05, 3.63) is 33.4 Å². The second-order valence-electron chi connectivity index (χ2n) is 4.96. The van der Waals surface area contributed by atoms with Gasteiger partial charge in [-0.05, 0) is 31.9 Å². The fourth-order valence-electron chi connectivity index (χ4n) is 2.57. The Hall–Kier alpha value is -1.91. The van der Waals surface area contributed by atoms with Crippen LogP contribution in [0.4, 0.5) is 5.69 Å². The van der Waals surface area contributed by atoms with Crippen LogP contribution in [-0.4, -0.2) is 17.8 Å². The summed E-state index contributed by atoms with van der Waals surface area (Å²) in [6.45, 7) is 3.47. The number of aryl methyl sites for hydroxylation is 1. The molecule has 18 heavy (non-hydrogen) atoms. The van der Waals surface area contributed by atoms with Gasteiger partial charge in [-0.15, -0.1) is 0 Å². The van der Waals surface area contributed by atoms with Crippen LogP contribution in [0.25, 0.3) is 0 Å². The van der Waals surface area contributed by atoms with E-state index in [1.165, 1.54) is 7.11 Å². The summed E-state index contributed by atoms with van der Waals surface area (Å²) < 4.78 is 5.05. The zero-order valence-corrected chi connectivity index (χ0v) is 10.6. The van der Waals surface area contributed by atoms with Gasteiger partial charge >= 0.3 is 5.69 Å². The predicted molar refractivity (Wildman–Crippen MR) is 66.0 cm³/mol. The van der Waals surface area contributed by atoms with Gasteiger partial charge in [0.25, 0.3) is 0 Å². The lowest BCUT2D eigenvalue weighted by molar-refractivity contribution is -0.386. The van der Waals surface area contributed by atoms with E-state index in [1.54, 1.807) is 19.9 Å². The fraction of sp³-hybridized carbons (Fsp3) is 0.462. The molecule has 0 N–H and O–H groups in total. The molecule has 5 heteroatoms. The number of methoxy groups -OCH3 is 1. The highest BCUT2D eigenvalue weighted by Crippen LogP contribution is 2.44. The van der Waals surface area contributed by atoms with Crippen molar-refractivity contribution in [1.82, 2.24) is 0 Å². The van der Waals surface area contributed by atoms with Gasteiger partial charge in [0.15, 0.2) is 5.75 Å². The van der Waals surface area contributed by atoms with Crippen molar-refractivity contribution < 1.29 is 14.5 Å². The molecule has 0 bridgehead atoms.